The van der Waals surface area contributed by atoms with Crippen molar-refractivity contribution < 1.29 is 4.79 Å². The zero-order valence-electron chi connectivity index (χ0n) is 10.1. The van der Waals surface area contributed by atoms with Crippen molar-refractivity contribution in [3.05, 3.63) is 67.2 Å². The maximum atomic E-state index is 12.4. The molecule has 0 aliphatic heterocycles. The molecule has 18 heavy (non-hydrogen) atoms. The van der Waals surface area contributed by atoms with Crippen LogP contribution in [0.2, 0.25) is 5.02 Å². The Balaban J connectivity index is 2.49. The van der Waals surface area contributed by atoms with Gasteiger partial charge < -0.3 is 0 Å². The first-order chi connectivity index (χ1) is 8.49. The van der Waals surface area contributed by atoms with E-state index in [2.05, 4.69) is 22.6 Å². The minimum Gasteiger partial charge on any atom is -0.289 e. The van der Waals surface area contributed by atoms with Gasteiger partial charge in [-0.1, -0.05) is 23.7 Å². The lowest BCUT2D eigenvalue weighted by Gasteiger charge is -2.08. The van der Waals surface area contributed by atoms with E-state index in [4.69, 9.17) is 11.6 Å². The summed E-state index contributed by atoms with van der Waals surface area (Å²) in [4.78, 5) is 12.4. The minimum atomic E-state index is 0.0470. The van der Waals surface area contributed by atoms with Crippen LogP contribution in [0.3, 0.4) is 0 Å². The highest BCUT2D eigenvalue weighted by Gasteiger charge is 2.13. The molecule has 2 aromatic carbocycles. The number of carbonyl (C=O) groups excluding carboxylic acids is 1. The standard InChI is InChI=1S/C15H12ClIO/c1-9-7-14(16)10(2)6-13(9)15(18)11-4-3-5-12(17)8-11/h3-8H,1-2H3. The Morgan fingerprint density at radius 1 is 1.11 bits per heavy atom. The second-order valence-corrected chi connectivity index (χ2v) is 5.91. The average Bonchev–Trinajstić information content (AvgIpc) is 2.33. The van der Waals surface area contributed by atoms with E-state index < -0.39 is 0 Å². The Labute approximate surface area is 125 Å². The summed E-state index contributed by atoms with van der Waals surface area (Å²) >= 11 is 8.25. The van der Waals surface area contributed by atoms with Crippen LogP contribution in [-0.4, -0.2) is 5.78 Å². The number of benzene rings is 2. The lowest BCUT2D eigenvalue weighted by Crippen LogP contribution is -2.04. The first-order valence-corrected chi connectivity index (χ1v) is 7.01. The zero-order chi connectivity index (χ0) is 13.3. The van der Waals surface area contributed by atoms with Crippen molar-refractivity contribution in [2.45, 2.75) is 13.8 Å². The number of hydrogen-bond donors (Lipinski definition) is 0. The molecule has 0 spiro atoms. The fourth-order valence-electron chi connectivity index (χ4n) is 1.81. The summed E-state index contributed by atoms with van der Waals surface area (Å²) in [7, 11) is 0. The van der Waals surface area contributed by atoms with Gasteiger partial charge in [-0.05, 0) is 71.8 Å². The van der Waals surface area contributed by atoms with Gasteiger partial charge in [0, 0.05) is 19.7 Å². The summed E-state index contributed by atoms with van der Waals surface area (Å²) < 4.78 is 1.06. The summed E-state index contributed by atoms with van der Waals surface area (Å²) in [5.41, 5.74) is 3.27. The molecule has 2 aromatic rings. The van der Waals surface area contributed by atoms with Crippen molar-refractivity contribution in [2.75, 3.05) is 0 Å². The molecule has 2 rings (SSSR count). The van der Waals surface area contributed by atoms with E-state index in [0.29, 0.717) is 10.6 Å². The van der Waals surface area contributed by atoms with Crippen LogP contribution in [0.1, 0.15) is 27.0 Å². The van der Waals surface area contributed by atoms with E-state index in [1.807, 2.05) is 50.2 Å². The Morgan fingerprint density at radius 2 is 1.83 bits per heavy atom. The highest BCUT2D eigenvalue weighted by molar-refractivity contribution is 14.1. The summed E-state index contributed by atoms with van der Waals surface area (Å²) in [5.74, 6) is 0.0470. The third-order valence-electron chi connectivity index (χ3n) is 2.84. The lowest BCUT2D eigenvalue weighted by molar-refractivity contribution is 0.103. The highest BCUT2D eigenvalue weighted by Crippen LogP contribution is 2.23. The molecule has 0 fully saturated rings. The Bertz CT molecular complexity index is 620. The maximum absolute atomic E-state index is 12.4. The maximum Gasteiger partial charge on any atom is 0.193 e. The van der Waals surface area contributed by atoms with Gasteiger partial charge in [0.05, 0.1) is 0 Å². The first kappa shape index (κ1) is 13.6. The van der Waals surface area contributed by atoms with Crippen molar-refractivity contribution >= 4 is 40.0 Å². The van der Waals surface area contributed by atoms with Gasteiger partial charge in [0.25, 0.3) is 0 Å². The summed E-state index contributed by atoms with van der Waals surface area (Å²) in [5, 5.41) is 0.701. The molecule has 0 bridgehead atoms. The van der Waals surface area contributed by atoms with E-state index in [-0.39, 0.29) is 5.78 Å². The number of aryl methyl sites for hydroxylation is 2. The van der Waals surface area contributed by atoms with Crippen LogP contribution in [0.15, 0.2) is 36.4 Å². The van der Waals surface area contributed by atoms with E-state index in [0.717, 1.165) is 20.3 Å². The van der Waals surface area contributed by atoms with Gasteiger partial charge in [0.15, 0.2) is 5.78 Å². The van der Waals surface area contributed by atoms with Gasteiger partial charge in [0.1, 0.15) is 0 Å². The van der Waals surface area contributed by atoms with Gasteiger partial charge in [-0.2, -0.15) is 0 Å². The van der Waals surface area contributed by atoms with Crippen LogP contribution in [0.4, 0.5) is 0 Å². The van der Waals surface area contributed by atoms with Gasteiger partial charge >= 0.3 is 0 Å². The molecule has 0 N–H and O–H groups in total. The molecule has 92 valence electrons. The molecule has 0 aliphatic rings. The third-order valence-corrected chi connectivity index (χ3v) is 3.92. The molecule has 0 atom stereocenters. The molecule has 0 radical (unpaired) electrons. The smallest absolute Gasteiger partial charge is 0.193 e. The van der Waals surface area contributed by atoms with E-state index >= 15 is 0 Å². The molecule has 3 heteroatoms. The lowest BCUT2D eigenvalue weighted by atomic mass is 9.97. The predicted molar refractivity (Wildman–Crippen MR) is 83.5 cm³/mol. The number of rotatable bonds is 2. The number of carbonyl (C=O) groups is 1. The van der Waals surface area contributed by atoms with Crippen LogP contribution in [0, 0.1) is 17.4 Å². The van der Waals surface area contributed by atoms with Crippen LogP contribution >= 0.6 is 34.2 Å². The largest absolute Gasteiger partial charge is 0.289 e. The number of ketones is 1. The Kier molecular flexibility index (Phi) is 4.07. The van der Waals surface area contributed by atoms with Crippen molar-refractivity contribution in [3.63, 3.8) is 0 Å². The molecule has 0 saturated heterocycles. The van der Waals surface area contributed by atoms with Crippen LogP contribution in [0.5, 0.6) is 0 Å². The molecule has 0 heterocycles. The van der Waals surface area contributed by atoms with Crippen LogP contribution in [0.25, 0.3) is 0 Å². The first-order valence-electron chi connectivity index (χ1n) is 5.56. The second-order valence-electron chi connectivity index (χ2n) is 4.26. The van der Waals surface area contributed by atoms with E-state index in [1.165, 1.54) is 0 Å². The molecular formula is C15H12ClIO. The van der Waals surface area contributed by atoms with E-state index in [1.54, 1.807) is 0 Å². The Hall–Kier alpha value is -0.870. The van der Waals surface area contributed by atoms with Crippen molar-refractivity contribution in [1.82, 2.24) is 0 Å². The monoisotopic (exact) mass is 370 g/mol. The molecule has 0 amide bonds. The van der Waals surface area contributed by atoms with Crippen LogP contribution in [-0.2, 0) is 0 Å². The van der Waals surface area contributed by atoms with Gasteiger partial charge in [-0.15, -0.1) is 0 Å². The summed E-state index contributed by atoms with van der Waals surface area (Å²) in [6.07, 6.45) is 0. The molecular weight excluding hydrogens is 359 g/mol. The average molecular weight is 371 g/mol. The Morgan fingerprint density at radius 3 is 2.50 bits per heavy atom. The number of halogens is 2. The van der Waals surface area contributed by atoms with Crippen molar-refractivity contribution in [2.24, 2.45) is 0 Å². The quantitative estimate of drug-likeness (QED) is 0.548. The second kappa shape index (κ2) is 5.41. The summed E-state index contributed by atoms with van der Waals surface area (Å²) in [6.45, 7) is 3.82. The van der Waals surface area contributed by atoms with Crippen molar-refractivity contribution in [3.8, 4) is 0 Å². The topological polar surface area (TPSA) is 17.1 Å². The molecule has 1 nitrogen and oxygen atoms in total. The van der Waals surface area contributed by atoms with Gasteiger partial charge in [0.2, 0.25) is 0 Å². The minimum absolute atomic E-state index is 0.0470. The number of hydrogen-bond acceptors (Lipinski definition) is 1. The SMILES string of the molecule is Cc1cc(C(=O)c2cccc(I)c2)c(C)cc1Cl. The molecule has 0 aliphatic carbocycles. The predicted octanol–water partition coefficient (Wildman–Crippen LogP) is 4.79. The summed E-state index contributed by atoms with van der Waals surface area (Å²) in [6, 6.07) is 11.3. The van der Waals surface area contributed by atoms with Gasteiger partial charge in [-0.25, -0.2) is 0 Å². The normalized spacial score (nSPS) is 10.4. The molecule has 0 saturated carbocycles. The van der Waals surface area contributed by atoms with Crippen LogP contribution < -0.4 is 0 Å². The van der Waals surface area contributed by atoms with Crippen molar-refractivity contribution in [1.29, 1.82) is 0 Å². The highest BCUT2D eigenvalue weighted by atomic mass is 127. The van der Waals surface area contributed by atoms with E-state index in [9.17, 15) is 4.79 Å². The fourth-order valence-corrected chi connectivity index (χ4v) is 2.57. The fraction of sp³-hybridized carbons (Fsp3) is 0.133. The third kappa shape index (κ3) is 2.75. The molecule has 0 unspecified atom stereocenters. The van der Waals surface area contributed by atoms with Gasteiger partial charge in [-0.3, -0.25) is 4.79 Å². The zero-order valence-corrected chi connectivity index (χ0v) is 13.0. The molecule has 0 aromatic heterocycles.